The topological polar surface area (TPSA) is 21.1 Å². The van der Waals surface area contributed by atoms with E-state index >= 15 is 0 Å². The second-order valence-electron chi connectivity index (χ2n) is 12.4. The first-order valence-electron chi connectivity index (χ1n) is 16.5. The quantitative estimate of drug-likeness (QED) is 0.186. The largest absolute Gasteiger partial charge is 0.309 e. The predicted octanol–water partition coefficient (Wildman–Crippen LogP) is 12.8. The predicted molar refractivity (Wildman–Crippen MR) is 209 cm³/mol. The van der Waals surface area contributed by atoms with E-state index in [2.05, 4.69) is 173 Å². The number of thiophene rings is 1. The van der Waals surface area contributed by atoms with Crippen LogP contribution < -0.4 is 4.90 Å². The van der Waals surface area contributed by atoms with Gasteiger partial charge in [-0.15, -0.1) is 11.3 Å². The Labute approximate surface area is 287 Å². The van der Waals surface area contributed by atoms with Gasteiger partial charge in [-0.05, 0) is 65.7 Å². The number of aromatic nitrogens is 2. The minimum atomic E-state index is 1.06. The molecular weight excluding hydrogens is 615 g/mol. The van der Waals surface area contributed by atoms with Gasteiger partial charge in [-0.2, -0.15) is 0 Å². The molecule has 0 bridgehead atoms. The fraction of sp³-hybridized carbons (Fsp3) is 0. The van der Waals surface area contributed by atoms with Gasteiger partial charge >= 0.3 is 0 Å². The number of rotatable bonds is 5. The molecule has 230 valence electrons. The van der Waals surface area contributed by atoms with Crippen LogP contribution in [0.5, 0.6) is 0 Å². The van der Waals surface area contributed by atoms with Gasteiger partial charge in [-0.25, -0.2) is 0 Å². The molecule has 3 nitrogen and oxygen atoms in total. The van der Waals surface area contributed by atoms with Crippen molar-refractivity contribution in [3.05, 3.63) is 176 Å². The summed E-state index contributed by atoms with van der Waals surface area (Å²) in [6, 6.07) is 61.2. The lowest BCUT2D eigenvalue weighted by atomic mass is 10.0. The van der Waals surface area contributed by atoms with Crippen LogP contribution in [0.15, 0.2) is 176 Å². The van der Waals surface area contributed by atoms with Gasteiger partial charge in [0.05, 0.1) is 31.6 Å². The number of nitrogens with zero attached hydrogens (tertiary/aromatic N) is 3. The normalized spacial score (nSPS) is 11.7. The van der Waals surface area contributed by atoms with Crippen LogP contribution >= 0.6 is 11.3 Å². The molecule has 0 saturated heterocycles. The lowest BCUT2D eigenvalue weighted by molar-refractivity contribution is 1.18. The summed E-state index contributed by atoms with van der Waals surface area (Å²) in [5.74, 6) is 0. The minimum absolute atomic E-state index is 1.06. The van der Waals surface area contributed by atoms with E-state index < -0.39 is 0 Å². The first-order chi connectivity index (χ1) is 24.3. The van der Waals surface area contributed by atoms with Gasteiger partial charge in [0, 0.05) is 50.2 Å². The van der Waals surface area contributed by atoms with E-state index in [-0.39, 0.29) is 0 Å². The van der Waals surface area contributed by atoms with Crippen LogP contribution in [-0.4, -0.2) is 9.55 Å². The summed E-state index contributed by atoms with van der Waals surface area (Å²) in [6.07, 6.45) is 1.90. The molecular formula is C45H29N3S. The summed E-state index contributed by atoms with van der Waals surface area (Å²) >= 11 is 1.83. The summed E-state index contributed by atoms with van der Waals surface area (Å²) in [7, 11) is 0. The molecule has 0 radical (unpaired) electrons. The van der Waals surface area contributed by atoms with Crippen molar-refractivity contribution in [3.63, 3.8) is 0 Å². The van der Waals surface area contributed by atoms with Crippen molar-refractivity contribution in [1.29, 1.82) is 0 Å². The number of hydrogen-bond acceptors (Lipinski definition) is 3. The van der Waals surface area contributed by atoms with E-state index in [4.69, 9.17) is 4.98 Å². The zero-order valence-corrected chi connectivity index (χ0v) is 27.3. The second kappa shape index (κ2) is 11.2. The molecule has 0 fully saturated rings. The zero-order valence-electron chi connectivity index (χ0n) is 26.5. The van der Waals surface area contributed by atoms with E-state index in [0.29, 0.717) is 0 Å². The van der Waals surface area contributed by atoms with Crippen molar-refractivity contribution < 1.29 is 0 Å². The van der Waals surface area contributed by atoms with Crippen LogP contribution in [0.1, 0.15) is 0 Å². The Balaban J connectivity index is 1.24. The molecule has 0 N–H and O–H groups in total. The monoisotopic (exact) mass is 643 g/mol. The third-order valence-electron chi connectivity index (χ3n) is 9.62. The molecule has 0 atom stereocenters. The Bertz CT molecular complexity index is 2820. The van der Waals surface area contributed by atoms with Crippen molar-refractivity contribution in [2.24, 2.45) is 0 Å². The van der Waals surface area contributed by atoms with Crippen molar-refractivity contribution in [1.82, 2.24) is 9.55 Å². The molecule has 3 aromatic heterocycles. The van der Waals surface area contributed by atoms with E-state index in [1.54, 1.807) is 0 Å². The number of para-hydroxylation sites is 2. The lowest BCUT2D eigenvalue weighted by Crippen LogP contribution is -2.10. The smallest absolute Gasteiger partial charge is 0.0880 e. The summed E-state index contributed by atoms with van der Waals surface area (Å²) < 4.78 is 4.86. The molecule has 0 amide bonds. The molecule has 0 aliphatic heterocycles. The van der Waals surface area contributed by atoms with Crippen LogP contribution in [0.25, 0.3) is 69.7 Å². The Morgan fingerprint density at radius 1 is 0.469 bits per heavy atom. The molecule has 3 heterocycles. The van der Waals surface area contributed by atoms with Gasteiger partial charge in [0.25, 0.3) is 0 Å². The Hall–Kier alpha value is -6.23. The molecule has 0 saturated carbocycles. The Kier molecular flexibility index (Phi) is 6.36. The third kappa shape index (κ3) is 4.46. The van der Waals surface area contributed by atoms with E-state index in [1.165, 1.54) is 53.1 Å². The lowest BCUT2D eigenvalue weighted by Gasteiger charge is -2.26. The van der Waals surface area contributed by atoms with Gasteiger partial charge in [0.2, 0.25) is 0 Å². The highest BCUT2D eigenvalue weighted by atomic mass is 32.1. The second-order valence-corrected chi connectivity index (χ2v) is 13.4. The molecule has 10 aromatic rings. The third-order valence-corrected chi connectivity index (χ3v) is 10.9. The van der Waals surface area contributed by atoms with Crippen LogP contribution in [0.4, 0.5) is 17.1 Å². The van der Waals surface area contributed by atoms with Gasteiger partial charge < -0.3 is 9.47 Å². The molecule has 0 spiro atoms. The molecule has 49 heavy (non-hydrogen) atoms. The average molecular weight is 644 g/mol. The first kappa shape index (κ1) is 27.8. The summed E-state index contributed by atoms with van der Waals surface area (Å²) in [4.78, 5) is 7.25. The Morgan fingerprint density at radius 2 is 1.14 bits per heavy atom. The maximum Gasteiger partial charge on any atom is 0.0880 e. The molecule has 4 heteroatoms. The van der Waals surface area contributed by atoms with E-state index in [1.807, 2.05) is 23.6 Å². The summed E-state index contributed by atoms with van der Waals surface area (Å²) in [6.45, 7) is 0. The molecule has 10 rings (SSSR count). The molecule has 7 aromatic carbocycles. The first-order valence-corrected chi connectivity index (χ1v) is 17.4. The van der Waals surface area contributed by atoms with E-state index in [9.17, 15) is 0 Å². The summed E-state index contributed by atoms with van der Waals surface area (Å²) in [5, 5.41) is 6.14. The van der Waals surface area contributed by atoms with Crippen molar-refractivity contribution in [2.45, 2.75) is 0 Å². The van der Waals surface area contributed by atoms with Gasteiger partial charge in [0.15, 0.2) is 0 Å². The average Bonchev–Trinajstić information content (AvgIpc) is 3.72. The van der Waals surface area contributed by atoms with Gasteiger partial charge in [-0.3, -0.25) is 4.98 Å². The number of fused-ring (bicyclic) bond motifs is 8. The number of hydrogen-bond donors (Lipinski definition) is 0. The van der Waals surface area contributed by atoms with Crippen molar-refractivity contribution in [2.75, 3.05) is 4.90 Å². The van der Waals surface area contributed by atoms with Crippen LogP contribution in [0.2, 0.25) is 0 Å². The van der Waals surface area contributed by atoms with E-state index in [0.717, 1.165) is 33.7 Å². The van der Waals surface area contributed by atoms with Gasteiger partial charge in [-0.1, -0.05) is 115 Å². The Morgan fingerprint density at radius 3 is 2.00 bits per heavy atom. The van der Waals surface area contributed by atoms with Crippen LogP contribution in [-0.2, 0) is 0 Å². The highest BCUT2D eigenvalue weighted by Crippen LogP contribution is 2.47. The van der Waals surface area contributed by atoms with Crippen LogP contribution in [0.3, 0.4) is 0 Å². The number of anilines is 3. The van der Waals surface area contributed by atoms with Crippen molar-refractivity contribution in [3.8, 4) is 16.8 Å². The standard InChI is InChI=1S/C45H29N3S/c1-3-11-30(12-4-1)31-20-23-34(24-21-31)47(41-19-9-17-38-39-26-22-32-13-10-28-46-43(32)45(39)49-44(38)41)35-25-27-37-36-16-7-8-18-40(36)48(42(37)29-35)33-14-5-2-6-15-33/h1-29H. The molecule has 0 unspecified atom stereocenters. The summed E-state index contributed by atoms with van der Waals surface area (Å²) in [5.41, 5.74) is 10.3. The number of pyridine rings is 1. The fourth-order valence-electron chi connectivity index (χ4n) is 7.37. The number of benzene rings is 7. The van der Waals surface area contributed by atoms with Gasteiger partial charge in [0.1, 0.15) is 0 Å². The van der Waals surface area contributed by atoms with Crippen LogP contribution in [0, 0.1) is 0 Å². The maximum absolute atomic E-state index is 4.82. The zero-order chi connectivity index (χ0) is 32.3. The van der Waals surface area contributed by atoms with Crippen molar-refractivity contribution >= 4 is 81.3 Å². The highest BCUT2D eigenvalue weighted by molar-refractivity contribution is 7.27. The minimum Gasteiger partial charge on any atom is -0.309 e. The SMILES string of the molecule is c1ccc(-c2ccc(N(c3ccc4c5ccccc5n(-c5ccccc5)c4c3)c3cccc4c3sc3c4ccc4cccnc43)cc2)cc1. The highest BCUT2D eigenvalue weighted by Gasteiger charge is 2.21. The fourth-order valence-corrected chi connectivity index (χ4v) is 8.68. The maximum atomic E-state index is 4.82. The molecule has 0 aliphatic rings. The molecule has 0 aliphatic carbocycles.